The number of amides is 2. The third-order valence-electron chi connectivity index (χ3n) is 4.66. The first kappa shape index (κ1) is 15.9. The molecule has 21 heavy (non-hydrogen) atoms. The molecule has 1 saturated carbocycles. The van der Waals surface area contributed by atoms with Gasteiger partial charge in [-0.15, -0.1) is 0 Å². The van der Waals surface area contributed by atoms with E-state index in [4.69, 9.17) is 4.74 Å². The maximum Gasteiger partial charge on any atom is 0.322 e. The first-order chi connectivity index (χ1) is 9.86. The molecule has 1 aliphatic carbocycles. The molecule has 1 saturated heterocycles. The Morgan fingerprint density at radius 1 is 1.33 bits per heavy atom. The van der Waals surface area contributed by atoms with Gasteiger partial charge < -0.3 is 10.1 Å². The molecule has 0 radical (unpaired) electrons. The van der Waals surface area contributed by atoms with Crippen LogP contribution in [0, 0.1) is 17.3 Å². The second kappa shape index (κ2) is 5.75. The van der Waals surface area contributed by atoms with Crippen molar-refractivity contribution in [3.8, 4) is 0 Å². The summed E-state index contributed by atoms with van der Waals surface area (Å²) in [4.78, 5) is 37.4. The van der Waals surface area contributed by atoms with E-state index in [1.807, 2.05) is 20.8 Å². The number of hydrogen-bond donors (Lipinski definition) is 1. The number of piperidine rings is 1. The van der Waals surface area contributed by atoms with Gasteiger partial charge in [-0.25, -0.2) is 0 Å². The number of nitrogens with one attached hydrogen (secondary N) is 1. The summed E-state index contributed by atoms with van der Waals surface area (Å²) in [5.41, 5.74) is -0.188. The van der Waals surface area contributed by atoms with Crippen molar-refractivity contribution >= 4 is 17.8 Å². The molecule has 0 aromatic heterocycles. The van der Waals surface area contributed by atoms with E-state index >= 15 is 0 Å². The summed E-state index contributed by atoms with van der Waals surface area (Å²) in [6, 6.07) is -0.472. The van der Waals surface area contributed by atoms with Crippen LogP contribution in [0.15, 0.2) is 0 Å². The molecule has 1 aliphatic heterocycles. The summed E-state index contributed by atoms with van der Waals surface area (Å²) in [6.07, 6.45) is 1.29. The zero-order valence-electron chi connectivity index (χ0n) is 13.1. The Bertz CT molecular complexity index is 437. The van der Waals surface area contributed by atoms with Crippen molar-refractivity contribution in [2.24, 2.45) is 17.3 Å². The van der Waals surface area contributed by atoms with Crippen LogP contribution in [-0.4, -0.2) is 48.9 Å². The van der Waals surface area contributed by atoms with Gasteiger partial charge in [0.05, 0.1) is 18.9 Å². The minimum atomic E-state index is -0.472. The fourth-order valence-electron chi connectivity index (χ4n) is 3.25. The molecule has 2 amide bonds. The Kier molecular flexibility index (Phi) is 4.37. The van der Waals surface area contributed by atoms with Crippen LogP contribution in [0.5, 0.6) is 0 Å². The smallest absolute Gasteiger partial charge is 0.322 e. The molecule has 3 atom stereocenters. The van der Waals surface area contributed by atoms with Gasteiger partial charge in [0.2, 0.25) is 11.8 Å². The van der Waals surface area contributed by atoms with Crippen LogP contribution in [0.1, 0.15) is 33.6 Å². The Morgan fingerprint density at radius 3 is 2.38 bits per heavy atom. The zero-order chi connectivity index (χ0) is 15.8. The number of nitrogens with zero attached hydrogens (tertiary/aromatic N) is 1. The maximum absolute atomic E-state index is 12.2. The monoisotopic (exact) mass is 296 g/mol. The summed E-state index contributed by atoms with van der Waals surface area (Å²) >= 11 is 0. The highest BCUT2D eigenvalue weighted by atomic mass is 16.5. The Balaban J connectivity index is 1.92. The van der Waals surface area contributed by atoms with E-state index in [1.54, 1.807) is 0 Å². The molecular formula is C15H24N2O4. The Morgan fingerprint density at radius 2 is 1.90 bits per heavy atom. The van der Waals surface area contributed by atoms with Gasteiger partial charge in [0, 0.05) is 6.54 Å². The van der Waals surface area contributed by atoms with Crippen molar-refractivity contribution in [3.63, 3.8) is 0 Å². The lowest BCUT2D eigenvalue weighted by molar-refractivity contribution is -0.147. The van der Waals surface area contributed by atoms with E-state index in [2.05, 4.69) is 5.32 Å². The van der Waals surface area contributed by atoms with Crippen molar-refractivity contribution in [3.05, 3.63) is 0 Å². The minimum absolute atomic E-state index is 0.0888. The molecule has 1 heterocycles. The molecule has 2 aliphatic rings. The molecule has 0 bridgehead atoms. The molecule has 3 unspecified atom stereocenters. The number of hydrogen-bond acceptors (Lipinski definition) is 5. The second-order valence-electron chi connectivity index (χ2n) is 6.42. The number of imide groups is 1. The number of fused-ring (bicyclic) bond motifs is 1. The van der Waals surface area contributed by atoms with Crippen LogP contribution in [0.2, 0.25) is 0 Å². The number of carbonyl (C=O) groups excluding carboxylic acids is 3. The molecule has 0 aromatic carbocycles. The Labute approximate surface area is 125 Å². The van der Waals surface area contributed by atoms with E-state index in [0.29, 0.717) is 13.0 Å². The molecule has 2 fully saturated rings. The van der Waals surface area contributed by atoms with E-state index < -0.39 is 6.04 Å². The summed E-state index contributed by atoms with van der Waals surface area (Å²) in [5.74, 6) is -0.855. The zero-order valence-corrected chi connectivity index (χ0v) is 13.1. The summed E-state index contributed by atoms with van der Waals surface area (Å²) in [5, 5.41) is 3.09. The topological polar surface area (TPSA) is 75.7 Å². The van der Waals surface area contributed by atoms with Crippen LogP contribution in [0.3, 0.4) is 0 Å². The predicted molar refractivity (Wildman–Crippen MR) is 76.2 cm³/mol. The molecule has 0 spiro atoms. The first-order valence-corrected chi connectivity index (χ1v) is 7.52. The number of esters is 1. The normalized spacial score (nSPS) is 27.5. The van der Waals surface area contributed by atoms with Crippen LogP contribution in [-0.2, 0) is 19.1 Å². The molecular weight excluding hydrogens is 272 g/mol. The van der Waals surface area contributed by atoms with Crippen LogP contribution in [0.4, 0.5) is 0 Å². The number of rotatable bonds is 7. The fraction of sp³-hybridized carbons (Fsp3) is 0.800. The van der Waals surface area contributed by atoms with Gasteiger partial charge in [0.25, 0.3) is 0 Å². The number of likely N-dealkylation sites (tertiary alicyclic amines) is 1. The van der Waals surface area contributed by atoms with Crippen molar-refractivity contribution in [1.82, 2.24) is 10.2 Å². The number of ether oxygens (including phenoxy) is 1. The van der Waals surface area contributed by atoms with E-state index in [-0.39, 0.29) is 41.6 Å². The summed E-state index contributed by atoms with van der Waals surface area (Å²) < 4.78 is 4.75. The standard InChI is InChI=1S/C15H24N2O4/c1-5-7-16-9(14(20)21-4)6-8-17-12(18)10-11(13(17)19)15(10,2)3/h9-11,16H,5-8H2,1-4H3. The van der Waals surface area contributed by atoms with Crippen molar-refractivity contribution in [2.75, 3.05) is 20.2 Å². The Hall–Kier alpha value is -1.43. The van der Waals surface area contributed by atoms with Crippen LogP contribution < -0.4 is 5.32 Å². The summed E-state index contributed by atoms with van der Waals surface area (Å²) in [7, 11) is 1.34. The predicted octanol–water partition coefficient (Wildman–Crippen LogP) is 0.559. The van der Waals surface area contributed by atoms with E-state index in [1.165, 1.54) is 12.0 Å². The summed E-state index contributed by atoms with van der Waals surface area (Å²) in [6.45, 7) is 6.88. The number of methoxy groups -OCH3 is 1. The highest BCUT2D eigenvalue weighted by Crippen LogP contribution is 2.63. The first-order valence-electron chi connectivity index (χ1n) is 7.52. The van der Waals surface area contributed by atoms with Gasteiger partial charge in [-0.1, -0.05) is 20.8 Å². The van der Waals surface area contributed by atoms with Gasteiger partial charge in [0.1, 0.15) is 6.04 Å². The largest absolute Gasteiger partial charge is 0.468 e. The van der Waals surface area contributed by atoms with Crippen LogP contribution in [0.25, 0.3) is 0 Å². The molecule has 118 valence electrons. The van der Waals surface area contributed by atoms with Gasteiger partial charge in [0.15, 0.2) is 0 Å². The van der Waals surface area contributed by atoms with E-state index in [9.17, 15) is 14.4 Å². The van der Waals surface area contributed by atoms with Gasteiger partial charge in [-0.05, 0) is 24.8 Å². The van der Waals surface area contributed by atoms with Crippen molar-refractivity contribution in [2.45, 2.75) is 39.7 Å². The SMILES string of the molecule is CCCNC(CCN1C(=O)C2C(C1=O)C2(C)C)C(=O)OC. The lowest BCUT2D eigenvalue weighted by Crippen LogP contribution is -2.43. The maximum atomic E-state index is 12.2. The third-order valence-corrected chi connectivity index (χ3v) is 4.66. The average Bonchev–Trinajstić information content (AvgIpc) is 2.92. The molecule has 6 heteroatoms. The molecule has 0 aromatic rings. The minimum Gasteiger partial charge on any atom is -0.468 e. The average molecular weight is 296 g/mol. The lowest BCUT2D eigenvalue weighted by atomic mass is 10.1. The number of carbonyl (C=O) groups is 3. The van der Waals surface area contributed by atoms with Gasteiger partial charge >= 0.3 is 5.97 Å². The lowest BCUT2D eigenvalue weighted by Gasteiger charge is -2.23. The third kappa shape index (κ3) is 2.69. The van der Waals surface area contributed by atoms with Crippen LogP contribution >= 0.6 is 0 Å². The molecule has 1 N–H and O–H groups in total. The second-order valence-corrected chi connectivity index (χ2v) is 6.42. The highest BCUT2D eigenvalue weighted by molar-refractivity contribution is 6.10. The fourth-order valence-corrected chi connectivity index (χ4v) is 3.25. The van der Waals surface area contributed by atoms with Crippen molar-refractivity contribution < 1.29 is 19.1 Å². The molecule has 6 nitrogen and oxygen atoms in total. The quantitative estimate of drug-likeness (QED) is 0.549. The van der Waals surface area contributed by atoms with Crippen molar-refractivity contribution in [1.29, 1.82) is 0 Å². The van der Waals surface area contributed by atoms with Gasteiger partial charge in [-0.2, -0.15) is 0 Å². The highest BCUT2D eigenvalue weighted by Gasteiger charge is 2.72. The molecule has 2 rings (SSSR count). The van der Waals surface area contributed by atoms with E-state index in [0.717, 1.165) is 6.42 Å². The van der Waals surface area contributed by atoms with Gasteiger partial charge in [-0.3, -0.25) is 19.3 Å².